The van der Waals surface area contributed by atoms with Gasteiger partial charge in [-0.25, -0.2) is 9.97 Å². The zero-order valence-electron chi connectivity index (χ0n) is 21.0. The zero-order chi connectivity index (χ0) is 24.4. The number of benzene rings is 1. The molecule has 0 amide bonds. The van der Waals surface area contributed by atoms with Crippen molar-refractivity contribution in [3.63, 3.8) is 0 Å². The normalized spacial score (nSPS) is 25.1. The lowest BCUT2D eigenvalue weighted by Gasteiger charge is -2.35. The van der Waals surface area contributed by atoms with Crippen molar-refractivity contribution in [2.45, 2.75) is 76.4 Å². The van der Waals surface area contributed by atoms with Crippen LogP contribution in [0.4, 0.5) is 5.82 Å². The van der Waals surface area contributed by atoms with E-state index < -0.39 is 5.41 Å². The maximum Gasteiger partial charge on any atom is 0.131 e. The number of hydrogen-bond donors (Lipinski definition) is 2. The van der Waals surface area contributed by atoms with E-state index in [2.05, 4.69) is 40.8 Å². The molecule has 8 nitrogen and oxygen atoms in total. The Kier molecular flexibility index (Phi) is 6.93. The van der Waals surface area contributed by atoms with Gasteiger partial charge < -0.3 is 21.0 Å². The van der Waals surface area contributed by atoms with E-state index in [-0.39, 0.29) is 6.10 Å². The fourth-order valence-electron chi connectivity index (χ4n) is 5.70. The second-order valence-electron chi connectivity index (χ2n) is 10.6. The number of aromatic nitrogens is 2. The monoisotopic (exact) mass is 478 g/mol. The molecule has 1 saturated heterocycles. The van der Waals surface area contributed by atoms with Crippen LogP contribution in [0.5, 0.6) is 5.75 Å². The van der Waals surface area contributed by atoms with Crippen molar-refractivity contribution in [1.82, 2.24) is 14.9 Å². The molecule has 8 heteroatoms. The molecule has 3 aliphatic rings. The van der Waals surface area contributed by atoms with E-state index in [1.807, 2.05) is 6.07 Å². The molecule has 0 atom stereocenters. The highest BCUT2D eigenvalue weighted by atomic mass is 16.6. The molecule has 35 heavy (non-hydrogen) atoms. The van der Waals surface area contributed by atoms with Crippen molar-refractivity contribution in [2.75, 3.05) is 32.0 Å². The third-order valence-corrected chi connectivity index (χ3v) is 7.72. The summed E-state index contributed by atoms with van der Waals surface area (Å²) >= 11 is 0. The number of nitrogen functional groups attached to an aromatic ring is 1. The number of ether oxygens (including phenoxy) is 1. The summed E-state index contributed by atoms with van der Waals surface area (Å²) in [6, 6.07) is 6.45. The van der Waals surface area contributed by atoms with Crippen molar-refractivity contribution in [3.05, 3.63) is 35.7 Å². The van der Waals surface area contributed by atoms with Crippen LogP contribution < -0.4 is 16.2 Å². The molecule has 5 rings (SSSR count). The van der Waals surface area contributed by atoms with Crippen LogP contribution >= 0.6 is 0 Å². The molecule has 2 fully saturated rings. The van der Waals surface area contributed by atoms with Gasteiger partial charge in [-0.2, -0.15) is 0 Å². The van der Waals surface area contributed by atoms with E-state index in [1.54, 1.807) is 0 Å². The summed E-state index contributed by atoms with van der Waals surface area (Å²) in [5, 5.41) is 4.71. The van der Waals surface area contributed by atoms with E-state index in [0.717, 1.165) is 79.2 Å². The zero-order valence-corrected chi connectivity index (χ0v) is 21.0. The van der Waals surface area contributed by atoms with Crippen molar-refractivity contribution < 1.29 is 9.57 Å². The molecule has 0 unspecified atom stereocenters. The Morgan fingerprint density at radius 2 is 1.83 bits per heavy atom. The van der Waals surface area contributed by atoms with Gasteiger partial charge in [-0.3, -0.25) is 4.90 Å². The summed E-state index contributed by atoms with van der Waals surface area (Å²) in [6.07, 6.45) is 9.55. The Bertz CT molecular complexity index is 1070. The summed E-state index contributed by atoms with van der Waals surface area (Å²) in [4.78, 5) is 17.3. The molecular formula is C27H38N6O2. The molecule has 1 aromatic carbocycles. The average Bonchev–Trinajstić information content (AvgIpc) is 2.85. The van der Waals surface area contributed by atoms with Gasteiger partial charge in [-0.05, 0) is 83.7 Å². The van der Waals surface area contributed by atoms with Crippen LogP contribution in [0.3, 0.4) is 0 Å². The van der Waals surface area contributed by atoms with E-state index in [0.29, 0.717) is 18.5 Å². The van der Waals surface area contributed by atoms with Crippen LogP contribution in [0.25, 0.3) is 11.3 Å². The quantitative estimate of drug-likeness (QED) is 0.479. The van der Waals surface area contributed by atoms with Gasteiger partial charge in [0.1, 0.15) is 24.5 Å². The molecule has 2 aliphatic carbocycles. The number of nitrogens with zero attached hydrogens (tertiary/aromatic N) is 4. The van der Waals surface area contributed by atoms with Crippen molar-refractivity contribution >= 4 is 11.5 Å². The summed E-state index contributed by atoms with van der Waals surface area (Å²) in [5.41, 5.74) is 16.4. The Labute approximate surface area is 208 Å². The predicted octanol–water partition coefficient (Wildman–Crippen LogP) is 3.87. The lowest BCUT2D eigenvalue weighted by Crippen LogP contribution is -2.37. The van der Waals surface area contributed by atoms with Gasteiger partial charge in [-0.1, -0.05) is 11.6 Å². The Morgan fingerprint density at radius 3 is 2.60 bits per heavy atom. The highest BCUT2D eigenvalue weighted by Gasteiger charge is 2.41. The van der Waals surface area contributed by atoms with Gasteiger partial charge in [0.05, 0.1) is 17.5 Å². The minimum absolute atomic E-state index is 0.191. The molecule has 1 saturated carbocycles. The molecule has 188 valence electrons. The first-order valence-electron chi connectivity index (χ1n) is 13.0. The smallest absolute Gasteiger partial charge is 0.131 e. The van der Waals surface area contributed by atoms with Gasteiger partial charge in [0.25, 0.3) is 0 Å². The van der Waals surface area contributed by atoms with Crippen LogP contribution in [0, 0.1) is 0 Å². The summed E-state index contributed by atoms with van der Waals surface area (Å²) in [5.74, 6) is 1.32. The van der Waals surface area contributed by atoms with E-state index in [1.165, 1.54) is 25.6 Å². The van der Waals surface area contributed by atoms with Crippen molar-refractivity contribution in [1.29, 1.82) is 0 Å². The van der Waals surface area contributed by atoms with Crippen LogP contribution in [-0.4, -0.2) is 59.0 Å². The second-order valence-corrected chi connectivity index (χ2v) is 10.6. The fraction of sp³-hybridized carbons (Fsp3) is 0.593. The standard InChI is InChI=1S/C27H38N6O2/c1-27(2)23-24(30-17-31-26(23)29)21-11-10-20(35-19-8-6-18(28)7-9-19)16-22(21)25(27)32-34-15-14-33-12-4-3-5-13-33/h10-11,16-19H,3-9,12-15,28H2,1-2H3,(H2,29,30,31)/b32-25+/t18-,19-. The molecule has 1 aromatic heterocycles. The highest BCUT2D eigenvalue weighted by Crippen LogP contribution is 2.45. The number of likely N-dealkylation sites (tertiary alicyclic amines) is 1. The number of nitrogens with two attached hydrogens (primary N) is 2. The second kappa shape index (κ2) is 10.1. The lowest BCUT2D eigenvalue weighted by atomic mass is 9.70. The number of piperidine rings is 1. The third kappa shape index (κ3) is 5.00. The number of hydrogen-bond acceptors (Lipinski definition) is 8. The molecule has 0 spiro atoms. The molecule has 0 bridgehead atoms. The van der Waals surface area contributed by atoms with Gasteiger partial charge in [0.2, 0.25) is 0 Å². The van der Waals surface area contributed by atoms with Crippen molar-refractivity contribution in [3.8, 4) is 17.0 Å². The van der Waals surface area contributed by atoms with E-state index >= 15 is 0 Å². The third-order valence-electron chi connectivity index (χ3n) is 7.72. The van der Waals surface area contributed by atoms with Gasteiger partial charge in [0.15, 0.2) is 0 Å². The first-order valence-corrected chi connectivity index (χ1v) is 13.0. The summed E-state index contributed by atoms with van der Waals surface area (Å²) in [7, 11) is 0. The SMILES string of the molecule is CC1(C)/C(=N/OCCN2CCCCC2)c2cc(O[C@H]3CC[C@H](N)CC3)ccc2-c2ncnc(N)c21. The Hall–Kier alpha value is -2.71. The number of rotatable bonds is 6. The van der Waals surface area contributed by atoms with E-state index in [9.17, 15) is 0 Å². The first kappa shape index (κ1) is 24.0. The Balaban J connectivity index is 1.44. The molecule has 0 radical (unpaired) electrons. The van der Waals surface area contributed by atoms with Gasteiger partial charge >= 0.3 is 0 Å². The molecule has 2 aromatic rings. The van der Waals surface area contributed by atoms with Gasteiger partial charge in [-0.15, -0.1) is 0 Å². The minimum atomic E-state index is -0.519. The first-order chi connectivity index (χ1) is 16.9. The maximum absolute atomic E-state index is 6.39. The van der Waals surface area contributed by atoms with Crippen molar-refractivity contribution in [2.24, 2.45) is 10.9 Å². The largest absolute Gasteiger partial charge is 0.490 e. The molecule has 2 heterocycles. The average molecular weight is 479 g/mol. The summed E-state index contributed by atoms with van der Waals surface area (Å²) < 4.78 is 6.39. The number of fused-ring (bicyclic) bond motifs is 3. The van der Waals surface area contributed by atoms with Crippen LogP contribution in [-0.2, 0) is 10.3 Å². The molecule has 1 aliphatic heterocycles. The predicted molar refractivity (Wildman–Crippen MR) is 139 cm³/mol. The highest BCUT2D eigenvalue weighted by molar-refractivity contribution is 6.15. The minimum Gasteiger partial charge on any atom is -0.490 e. The lowest BCUT2D eigenvalue weighted by molar-refractivity contribution is 0.101. The fourth-order valence-corrected chi connectivity index (χ4v) is 5.70. The Morgan fingerprint density at radius 1 is 1.06 bits per heavy atom. The molecule has 4 N–H and O–H groups in total. The van der Waals surface area contributed by atoms with Crippen LogP contribution in [0.2, 0.25) is 0 Å². The van der Waals surface area contributed by atoms with Crippen LogP contribution in [0.15, 0.2) is 29.7 Å². The maximum atomic E-state index is 6.39. The van der Waals surface area contributed by atoms with Crippen LogP contribution in [0.1, 0.15) is 69.9 Å². The number of anilines is 1. The number of oxime groups is 1. The molecular weight excluding hydrogens is 440 g/mol. The van der Waals surface area contributed by atoms with Gasteiger partial charge in [0, 0.05) is 34.7 Å². The summed E-state index contributed by atoms with van der Waals surface area (Å²) in [6.45, 7) is 7.94. The topological polar surface area (TPSA) is 112 Å². The van der Waals surface area contributed by atoms with E-state index in [4.69, 9.17) is 26.2 Å².